The van der Waals surface area contributed by atoms with E-state index in [1.165, 1.54) is 106 Å². The normalized spacial score (nSPS) is 21.2. The number of aliphatic hydroxyl groups excluding tert-OH is 2. The van der Waals surface area contributed by atoms with Crippen molar-refractivity contribution in [1.82, 2.24) is 0 Å². The minimum absolute atomic E-state index is 0.0239. The molecule has 6 heteroatoms. The van der Waals surface area contributed by atoms with Crippen molar-refractivity contribution >= 4 is 22.7 Å². The first-order chi connectivity index (χ1) is 23.3. The summed E-state index contributed by atoms with van der Waals surface area (Å²) in [7, 11) is 0. The van der Waals surface area contributed by atoms with Crippen LogP contribution in [0.1, 0.15) is 120 Å². The monoisotopic (exact) mass is 660 g/mol. The molecule has 264 valence electrons. The number of benzene rings is 2. The Morgan fingerprint density at radius 2 is 1.25 bits per heavy atom. The lowest BCUT2D eigenvalue weighted by Crippen LogP contribution is -2.23. The molecule has 0 saturated heterocycles. The third-order valence-electron chi connectivity index (χ3n) is 11.1. The molecule has 0 aliphatic heterocycles. The zero-order valence-electron chi connectivity index (χ0n) is 29.4. The van der Waals surface area contributed by atoms with Crippen LogP contribution < -0.4 is 0 Å². The van der Waals surface area contributed by atoms with Crippen LogP contribution in [-0.2, 0) is 25.5 Å². The first-order valence-electron chi connectivity index (χ1n) is 18.7. The highest BCUT2D eigenvalue weighted by Crippen LogP contribution is 2.41. The van der Waals surface area contributed by atoms with Gasteiger partial charge in [-0.15, -0.1) is 0 Å². The Balaban J connectivity index is 1.23. The second-order valence-corrected chi connectivity index (χ2v) is 14.7. The number of carbonyl (C=O) groups is 2. The Morgan fingerprint density at radius 1 is 0.729 bits per heavy atom. The average Bonchev–Trinajstić information content (AvgIpc) is 3.13. The molecule has 0 aromatic heterocycles. The zero-order valence-corrected chi connectivity index (χ0v) is 29.4. The number of esters is 2. The lowest BCUT2D eigenvalue weighted by Gasteiger charge is -2.32. The van der Waals surface area contributed by atoms with Crippen LogP contribution in [0, 0.1) is 23.7 Å². The summed E-state index contributed by atoms with van der Waals surface area (Å²) in [4.78, 5) is 24.1. The predicted molar refractivity (Wildman–Crippen MR) is 194 cm³/mol. The Kier molecular flexibility index (Phi) is 15.7. The van der Waals surface area contributed by atoms with E-state index in [4.69, 9.17) is 19.7 Å². The van der Waals surface area contributed by atoms with E-state index in [-0.39, 0.29) is 30.3 Å². The molecule has 0 spiro atoms. The maximum atomic E-state index is 12.0. The van der Waals surface area contributed by atoms with E-state index in [0.717, 1.165) is 23.3 Å². The molecule has 2 aromatic rings. The number of carbonyl (C=O) groups excluding carboxylic acids is 2. The number of hydrogen-bond acceptors (Lipinski definition) is 6. The molecule has 2 aliphatic carbocycles. The van der Waals surface area contributed by atoms with Gasteiger partial charge in [0.1, 0.15) is 0 Å². The first kappa shape index (κ1) is 37.9. The highest BCUT2D eigenvalue weighted by atomic mass is 16.5. The van der Waals surface area contributed by atoms with E-state index in [1.807, 2.05) is 0 Å². The molecular formula is C42H60O6. The zero-order chi connectivity index (χ0) is 34.3. The molecule has 2 N–H and O–H groups in total. The number of aryl methyl sites for hydroxylation is 1. The predicted octanol–water partition coefficient (Wildman–Crippen LogP) is 9.01. The highest BCUT2D eigenvalue weighted by Gasteiger charge is 2.26. The fourth-order valence-electron chi connectivity index (χ4n) is 7.78. The molecule has 4 rings (SSSR count). The number of unbranched alkanes of at least 4 members (excludes halogenated alkanes) is 2. The molecule has 0 heterocycles. The number of hydrogen-bond donors (Lipinski definition) is 2. The highest BCUT2D eigenvalue weighted by molar-refractivity contribution is 5.88. The number of ether oxygens (including phenoxy) is 2. The summed E-state index contributed by atoms with van der Waals surface area (Å²) < 4.78 is 10.6. The molecule has 0 amide bonds. The summed E-state index contributed by atoms with van der Waals surface area (Å²) in [6.45, 7) is 8.41. The van der Waals surface area contributed by atoms with Gasteiger partial charge in [-0.3, -0.25) is 0 Å². The van der Waals surface area contributed by atoms with Crippen molar-refractivity contribution in [3.05, 3.63) is 71.8 Å². The van der Waals surface area contributed by atoms with Crippen LogP contribution >= 0.6 is 0 Å². The molecule has 2 aliphatic rings. The largest absolute Gasteiger partial charge is 0.462 e. The van der Waals surface area contributed by atoms with Crippen LogP contribution in [0.4, 0.5) is 0 Å². The van der Waals surface area contributed by atoms with Crippen molar-refractivity contribution in [1.29, 1.82) is 0 Å². The molecule has 2 aromatic carbocycles. The third kappa shape index (κ3) is 11.9. The van der Waals surface area contributed by atoms with Crippen molar-refractivity contribution in [3.63, 3.8) is 0 Å². The van der Waals surface area contributed by atoms with Gasteiger partial charge >= 0.3 is 11.9 Å². The van der Waals surface area contributed by atoms with Crippen LogP contribution in [0.2, 0.25) is 0 Å². The Hall–Kier alpha value is -2.96. The van der Waals surface area contributed by atoms with Crippen LogP contribution in [0.15, 0.2) is 60.7 Å². The summed E-state index contributed by atoms with van der Waals surface area (Å²) in [5.41, 5.74) is 2.57. The fraction of sp³-hybridized carbons (Fsp3) is 0.619. The van der Waals surface area contributed by atoms with Crippen LogP contribution in [0.5, 0.6) is 0 Å². The van der Waals surface area contributed by atoms with Gasteiger partial charge in [-0.05, 0) is 84.1 Å². The smallest absolute Gasteiger partial charge is 0.335 e. The minimum Gasteiger partial charge on any atom is -0.462 e. The molecule has 48 heavy (non-hydrogen) atoms. The van der Waals surface area contributed by atoms with Crippen LogP contribution in [-0.4, -0.2) is 48.6 Å². The summed E-state index contributed by atoms with van der Waals surface area (Å²) in [5, 5.41) is 20.8. The van der Waals surface area contributed by atoms with E-state index in [9.17, 15) is 9.59 Å². The van der Waals surface area contributed by atoms with Crippen molar-refractivity contribution in [3.8, 4) is 0 Å². The van der Waals surface area contributed by atoms with Crippen LogP contribution in [0.25, 0.3) is 10.8 Å². The molecule has 6 nitrogen and oxygen atoms in total. The van der Waals surface area contributed by atoms with Gasteiger partial charge < -0.3 is 19.7 Å². The maximum absolute atomic E-state index is 12.0. The standard InChI is InChI=1S/C42H60O6/c1-4-5-6-7-32-8-10-33(11-9-32)12-13-34-16-19-37(20-17-34)39-23-22-38-24-35(18-21-40(38)25-39)14-15-36(28-47-41(45)30(2)26-43)29-48-42(46)31(3)27-44/h18,21-25,32-34,36-37,43-44H,2-17,19-20,26-29H2,1H3. The van der Waals surface area contributed by atoms with Gasteiger partial charge in [-0.1, -0.05) is 121 Å². The Morgan fingerprint density at radius 3 is 1.81 bits per heavy atom. The molecular weight excluding hydrogens is 600 g/mol. The number of aliphatic hydroxyl groups is 2. The summed E-state index contributed by atoms with van der Waals surface area (Å²) in [5.74, 6) is 1.94. The molecule has 0 atom stereocenters. The molecule has 0 radical (unpaired) electrons. The molecule has 0 bridgehead atoms. The Bertz CT molecular complexity index is 1300. The topological polar surface area (TPSA) is 93.1 Å². The third-order valence-corrected chi connectivity index (χ3v) is 11.1. The van der Waals surface area contributed by atoms with Gasteiger partial charge in [0.2, 0.25) is 0 Å². The summed E-state index contributed by atoms with van der Waals surface area (Å²) in [6.07, 6.45) is 21.1. The van der Waals surface area contributed by atoms with Crippen molar-refractivity contribution in [2.75, 3.05) is 26.4 Å². The SMILES string of the molecule is C=C(CO)C(=O)OCC(CCc1ccc2cc(C3CCC(CCC4CCC(CCCCC)CC4)CC3)ccc2c1)COC(=O)C(=C)CO. The van der Waals surface area contributed by atoms with E-state index in [0.29, 0.717) is 18.8 Å². The second-order valence-electron chi connectivity index (χ2n) is 14.7. The lowest BCUT2D eigenvalue weighted by atomic mass is 9.74. The Labute approximate surface area is 289 Å². The summed E-state index contributed by atoms with van der Waals surface area (Å²) in [6, 6.07) is 13.5. The van der Waals surface area contributed by atoms with Gasteiger partial charge in [0.15, 0.2) is 0 Å². The van der Waals surface area contributed by atoms with Crippen molar-refractivity contribution < 1.29 is 29.3 Å². The molecule has 0 unspecified atom stereocenters. The number of rotatable bonds is 19. The minimum atomic E-state index is -0.672. The number of fused-ring (bicyclic) bond motifs is 1. The quantitative estimate of drug-likeness (QED) is 0.0888. The van der Waals surface area contributed by atoms with Crippen molar-refractivity contribution in [2.45, 2.75) is 116 Å². The van der Waals surface area contributed by atoms with E-state index < -0.39 is 25.2 Å². The van der Waals surface area contributed by atoms with Gasteiger partial charge in [-0.25, -0.2) is 9.59 Å². The van der Waals surface area contributed by atoms with Gasteiger partial charge in [0.25, 0.3) is 0 Å². The second kappa shape index (κ2) is 19.9. The van der Waals surface area contributed by atoms with Crippen LogP contribution in [0.3, 0.4) is 0 Å². The summed E-state index contributed by atoms with van der Waals surface area (Å²) >= 11 is 0. The maximum Gasteiger partial charge on any atom is 0.335 e. The van der Waals surface area contributed by atoms with Gasteiger partial charge in [-0.2, -0.15) is 0 Å². The molecule has 2 fully saturated rings. The first-order valence-corrected chi connectivity index (χ1v) is 18.7. The lowest BCUT2D eigenvalue weighted by molar-refractivity contribution is -0.144. The van der Waals surface area contributed by atoms with E-state index in [2.05, 4.69) is 56.5 Å². The van der Waals surface area contributed by atoms with E-state index in [1.54, 1.807) is 0 Å². The van der Waals surface area contributed by atoms with Crippen molar-refractivity contribution in [2.24, 2.45) is 23.7 Å². The van der Waals surface area contributed by atoms with Gasteiger partial charge in [0, 0.05) is 5.92 Å². The fourth-order valence-corrected chi connectivity index (χ4v) is 7.78. The van der Waals surface area contributed by atoms with Gasteiger partial charge in [0.05, 0.1) is 37.6 Å². The average molecular weight is 661 g/mol. The molecule has 2 saturated carbocycles. The van der Waals surface area contributed by atoms with E-state index >= 15 is 0 Å².